The van der Waals surface area contributed by atoms with Crippen LogP contribution in [0.4, 0.5) is 11.5 Å². The van der Waals surface area contributed by atoms with Crippen LogP contribution < -0.4 is 16.6 Å². The number of H-pyrrole nitrogens is 1. The molecule has 2 aromatic rings. The zero-order chi connectivity index (χ0) is 13.7. The lowest BCUT2D eigenvalue weighted by Crippen LogP contribution is -2.15. The highest BCUT2D eigenvalue weighted by Crippen LogP contribution is 2.12. The van der Waals surface area contributed by atoms with Gasteiger partial charge in [-0.3, -0.25) is 14.6 Å². The van der Waals surface area contributed by atoms with E-state index >= 15 is 0 Å². The van der Waals surface area contributed by atoms with Gasteiger partial charge in [0.05, 0.1) is 17.6 Å². The van der Waals surface area contributed by atoms with Crippen LogP contribution in [0.15, 0.2) is 40.5 Å². The van der Waals surface area contributed by atoms with Crippen LogP contribution in [0.5, 0.6) is 0 Å². The van der Waals surface area contributed by atoms with Gasteiger partial charge in [0.25, 0.3) is 5.56 Å². The number of carbonyl (C=O) groups is 1. The molecule has 0 aliphatic heterocycles. The van der Waals surface area contributed by atoms with E-state index in [-0.39, 0.29) is 23.0 Å². The lowest BCUT2D eigenvalue weighted by Gasteiger charge is -2.04. The van der Waals surface area contributed by atoms with E-state index in [0.29, 0.717) is 10.8 Å². The zero-order valence-corrected chi connectivity index (χ0v) is 10.6. The van der Waals surface area contributed by atoms with Crippen molar-refractivity contribution in [3.8, 4) is 0 Å². The smallest absolute Gasteiger partial charge is 0.253 e. The normalized spacial score (nSPS) is 10.1. The summed E-state index contributed by atoms with van der Waals surface area (Å²) >= 11 is 1.10. The number of carbonyl (C=O) groups excluding carboxylic acids is 1. The van der Waals surface area contributed by atoms with E-state index in [1.54, 1.807) is 24.5 Å². The van der Waals surface area contributed by atoms with Crippen molar-refractivity contribution in [2.24, 2.45) is 0 Å². The molecule has 2 rings (SSSR count). The summed E-state index contributed by atoms with van der Waals surface area (Å²) in [6.07, 6.45) is 3.16. The summed E-state index contributed by atoms with van der Waals surface area (Å²) in [5, 5.41) is 2.98. The van der Waals surface area contributed by atoms with Crippen molar-refractivity contribution >= 4 is 29.2 Å². The van der Waals surface area contributed by atoms with Crippen LogP contribution >= 0.6 is 11.8 Å². The average molecular weight is 277 g/mol. The van der Waals surface area contributed by atoms with Crippen LogP contribution in [0.3, 0.4) is 0 Å². The predicted molar refractivity (Wildman–Crippen MR) is 72.9 cm³/mol. The first kappa shape index (κ1) is 13.1. The third-order valence-electron chi connectivity index (χ3n) is 2.03. The highest BCUT2D eigenvalue weighted by atomic mass is 32.2. The Labute approximate surface area is 112 Å². The zero-order valence-electron chi connectivity index (χ0n) is 9.79. The van der Waals surface area contributed by atoms with Gasteiger partial charge in [0.1, 0.15) is 5.82 Å². The first-order valence-electron chi connectivity index (χ1n) is 5.33. The largest absolute Gasteiger partial charge is 0.383 e. The second kappa shape index (κ2) is 6.01. The molecule has 1 amide bonds. The Kier molecular flexibility index (Phi) is 4.14. The second-order valence-electron chi connectivity index (χ2n) is 3.55. The number of pyridine rings is 1. The van der Waals surface area contributed by atoms with Crippen molar-refractivity contribution in [3.63, 3.8) is 0 Å². The molecular weight excluding hydrogens is 266 g/mol. The Morgan fingerprint density at radius 1 is 1.53 bits per heavy atom. The van der Waals surface area contributed by atoms with Gasteiger partial charge in [-0.25, -0.2) is 4.98 Å². The fourth-order valence-electron chi connectivity index (χ4n) is 1.29. The molecule has 8 heteroatoms. The van der Waals surface area contributed by atoms with E-state index < -0.39 is 0 Å². The topological polar surface area (TPSA) is 114 Å². The van der Waals surface area contributed by atoms with E-state index in [2.05, 4.69) is 20.3 Å². The third kappa shape index (κ3) is 4.11. The Morgan fingerprint density at radius 2 is 2.37 bits per heavy atom. The van der Waals surface area contributed by atoms with Crippen LogP contribution in [0.2, 0.25) is 0 Å². The number of hydrogen-bond acceptors (Lipinski definition) is 6. The minimum Gasteiger partial charge on any atom is -0.383 e. The predicted octanol–water partition coefficient (Wildman–Crippen LogP) is 0.478. The maximum atomic E-state index is 11.6. The minimum absolute atomic E-state index is 0.112. The number of nitrogens with two attached hydrogens (primary N) is 1. The van der Waals surface area contributed by atoms with Gasteiger partial charge >= 0.3 is 0 Å². The van der Waals surface area contributed by atoms with E-state index in [0.717, 1.165) is 11.8 Å². The number of anilines is 2. The van der Waals surface area contributed by atoms with E-state index in [1.165, 1.54) is 6.07 Å². The van der Waals surface area contributed by atoms with Crippen molar-refractivity contribution in [1.82, 2.24) is 15.0 Å². The lowest BCUT2D eigenvalue weighted by molar-refractivity contribution is -0.113. The molecule has 2 heterocycles. The second-order valence-corrected chi connectivity index (χ2v) is 4.52. The van der Waals surface area contributed by atoms with Crippen LogP contribution in [-0.4, -0.2) is 26.6 Å². The highest BCUT2D eigenvalue weighted by Gasteiger charge is 2.06. The molecule has 0 aromatic carbocycles. The molecule has 0 atom stereocenters. The van der Waals surface area contributed by atoms with Crippen molar-refractivity contribution in [2.45, 2.75) is 5.16 Å². The summed E-state index contributed by atoms with van der Waals surface area (Å²) in [6, 6.07) is 4.63. The van der Waals surface area contributed by atoms with Crippen LogP contribution in [0, 0.1) is 0 Å². The molecule has 0 radical (unpaired) electrons. The van der Waals surface area contributed by atoms with Gasteiger partial charge in [-0.05, 0) is 12.1 Å². The molecule has 0 aliphatic carbocycles. The maximum absolute atomic E-state index is 11.6. The molecule has 0 bridgehead atoms. The molecular formula is C11H11N5O2S. The number of aromatic amines is 1. The molecule has 0 spiro atoms. The molecule has 19 heavy (non-hydrogen) atoms. The number of amides is 1. The van der Waals surface area contributed by atoms with Crippen molar-refractivity contribution in [2.75, 3.05) is 16.8 Å². The molecule has 0 saturated carbocycles. The van der Waals surface area contributed by atoms with Crippen LogP contribution in [0.25, 0.3) is 0 Å². The fraction of sp³-hybridized carbons (Fsp3) is 0.0909. The molecule has 98 valence electrons. The fourth-order valence-corrected chi connectivity index (χ4v) is 1.97. The van der Waals surface area contributed by atoms with Crippen LogP contribution in [0.1, 0.15) is 0 Å². The number of hydrogen-bond donors (Lipinski definition) is 3. The number of nitrogens with zero attached hydrogens (tertiary/aromatic N) is 2. The SMILES string of the molecule is Nc1cc(=O)[nH]c(SCC(=O)Nc2cccnc2)n1. The van der Waals surface area contributed by atoms with Gasteiger partial charge in [0.15, 0.2) is 5.16 Å². The Morgan fingerprint density at radius 3 is 3.05 bits per heavy atom. The molecule has 2 aromatic heterocycles. The summed E-state index contributed by atoms with van der Waals surface area (Å²) in [7, 11) is 0. The summed E-state index contributed by atoms with van der Waals surface area (Å²) in [5.41, 5.74) is 5.70. The standard InChI is InChI=1S/C11H11N5O2S/c12-8-4-9(17)16-11(15-8)19-6-10(18)14-7-2-1-3-13-5-7/h1-5H,6H2,(H,14,18)(H3,12,15,16,17). The highest BCUT2D eigenvalue weighted by molar-refractivity contribution is 7.99. The summed E-state index contributed by atoms with van der Waals surface area (Å²) in [6.45, 7) is 0. The monoisotopic (exact) mass is 277 g/mol. The third-order valence-corrected chi connectivity index (χ3v) is 2.90. The van der Waals surface area contributed by atoms with Crippen molar-refractivity contribution in [3.05, 3.63) is 40.9 Å². The summed E-state index contributed by atoms with van der Waals surface area (Å²) in [5.74, 6) is 0.0170. The summed E-state index contributed by atoms with van der Waals surface area (Å²) in [4.78, 5) is 33.1. The number of thioether (sulfide) groups is 1. The Balaban J connectivity index is 1.92. The first-order chi connectivity index (χ1) is 9.13. The molecule has 4 N–H and O–H groups in total. The van der Waals surface area contributed by atoms with Gasteiger partial charge in [0, 0.05) is 12.3 Å². The Bertz CT molecular complexity index is 628. The van der Waals surface area contributed by atoms with E-state index in [1.807, 2.05) is 0 Å². The van der Waals surface area contributed by atoms with Gasteiger partial charge in [-0.15, -0.1) is 0 Å². The first-order valence-corrected chi connectivity index (χ1v) is 6.31. The minimum atomic E-state index is -0.345. The van der Waals surface area contributed by atoms with Crippen LogP contribution in [-0.2, 0) is 4.79 Å². The summed E-state index contributed by atoms with van der Waals surface area (Å²) < 4.78 is 0. The maximum Gasteiger partial charge on any atom is 0.253 e. The molecule has 0 saturated heterocycles. The lowest BCUT2D eigenvalue weighted by atomic mass is 10.4. The average Bonchev–Trinajstić information content (AvgIpc) is 2.36. The number of nitrogen functional groups attached to an aromatic ring is 1. The molecule has 0 unspecified atom stereocenters. The van der Waals surface area contributed by atoms with Gasteiger partial charge in [0.2, 0.25) is 5.91 Å². The molecule has 7 nitrogen and oxygen atoms in total. The molecule has 0 aliphatic rings. The van der Waals surface area contributed by atoms with Gasteiger partial charge in [-0.2, -0.15) is 0 Å². The quantitative estimate of drug-likeness (QED) is 0.553. The van der Waals surface area contributed by atoms with Gasteiger partial charge < -0.3 is 16.0 Å². The van der Waals surface area contributed by atoms with Crippen molar-refractivity contribution in [1.29, 1.82) is 0 Å². The number of rotatable bonds is 4. The van der Waals surface area contributed by atoms with E-state index in [4.69, 9.17) is 5.73 Å². The van der Waals surface area contributed by atoms with Crippen molar-refractivity contribution < 1.29 is 4.79 Å². The van der Waals surface area contributed by atoms with E-state index in [9.17, 15) is 9.59 Å². The molecule has 0 fully saturated rings. The number of aromatic nitrogens is 3. The number of nitrogens with one attached hydrogen (secondary N) is 2. The van der Waals surface area contributed by atoms with Gasteiger partial charge in [-0.1, -0.05) is 11.8 Å². The Hall–Kier alpha value is -2.35.